The van der Waals surface area contributed by atoms with Gasteiger partial charge in [0.1, 0.15) is 5.78 Å². The van der Waals surface area contributed by atoms with E-state index in [2.05, 4.69) is 19.1 Å². The van der Waals surface area contributed by atoms with E-state index in [-0.39, 0.29) is 23.5 Å². The Morgan fingerprint density at radius 3 is 2.30 bits per heavy atom. The van der Waals surface area contributed by atoms with E-state index < -0.39 is 6.10 Å². The number of aliphatic hydroxyl groups is 1. The quantitative estimate of drug-likeness (QED) is 0.878. The van der Waals surface area contributed by atoms with Crippen LogP contribution in [0.5, 0.6) is 0 Å². The Morgan fingerprint density at radius 1 is 1.15 bits per heavy atom. The van der Waals surface area contributed by atoms with Gasteiger partial charge in [-0.05, 0) is 69.1 Å². The minimum Gasteiger partial charge on any atom is -0.392 e. The number of hydrogen-bond acceptors (Lipinski definition) is 3. The van der Waals surface area contributed by atoms with Gasteiger partial charge >= 0.3 is 0 Å². The van der Waals surface area contributed by atoms with Crippen LogP contribution >= 0.6 is 0 Å². The third-order valence-electron chi connectivity index (χ3n) is 6.56. The highest BCUT2D eigenvalue weighted by atomic mass is 16.3. The molecule has 4 nitrogen and oxygen atoms in total. The second-order valence-electron chi connectivity index (χ2n) is 8.61. The summed E-state index contributed by atoms with van der Waals surface area (Å²) in [6.07, 6.45) is 3.35. The Kier molecular flexibility index (Phi) is 6.05. The van der Waals surface area contributed by atoms with Crippen LogP contribution in [0.15, 0.2) is 12.1 Å². The summed E-state index contributed by atoms with van der Waals surface area (Å²) in [4.78, 5) is 27.0. The molecular formula is C23H33NO3. The predicted octanol–water partition coefficient (Wildman–Crippen LogP) is 3.68. The molecule has 27 heavy (non-hydrogen) atoms. The molecule has 2 aliphatic rings. The molecule has 1 saturated carbocycles. The van der Waals surface area contributed by atoms with Crippen LogP contribution in [-0.2, 0) is 9.59 Å². The molecule has 1 amide bonds. The first-order valence-corrected chi connectivity index (χ1v) is 10.4. The van der Waals surface area contributed by atoms with E-state index in [0.29, 0.717) is 18.8 Å². The minimum atomic E-state index is -0.579. The molecular weight excluding hydrogens is 338 g/mol. The number of hydrogen-bond donors (Lipinski definition) is 1. The van der Waals surface area contributed by atoms with Crippen LogP contribution < -0.4 is 0 Å². The molecule has 3 unspecified atom stereocenters. The van der Waals surface area contributed by atoms with Crippen molar-refractivity contribution in [1.82, 2.24) is 4.90 Å². The summed E-state index contributed by atoms with van der Waals surface area (Å²) in [5.41, 5.74) is 4.44. The summed E-state index contributed by atoms with van der Waals surface area (Å²) in [7, 11) is 0. The second-order valence-corrected chi connectivity index (χ2v) is 8.61. The lowest BCUT2D eigenvalue weighted by atomic mass is 9.83. The molecule has 0 aromatic heterocycles. The van der Waals surface area contributed by atoms with E-state index >= 15 is 0 Å². The lowest BCUT2D eigenvalue weighted by molar-refractivity contribution is -0.132. The summed E-state index contributed by atoms with van der Waals surface area (Å²) >= 11 is 0. The number of Topliss-reactive ketones (excluding diaryl/α,β-unsaturated/α-hetero) is 1. The summed E-state index contributed by atoms with van der Waals surface area (Å²) in [5, 5.41) is 10.7. The van der Waals surface area contributed by atoms with E-state index in [4.69, 9.17) is 0 Å². The molecule has 0 spiro atoms. The molecule has 1 aromatic rings. The number of carbonyl (C=O) groups excluding carboxylic acids is 2. The van der Waals surface area contributed by atoms with Crippen LogP contribution in [-0.4, -0.2) is 40.9 Å². The standard InChI is InChI=1S/C23H33NO3/c1-5-20(26)24-8-6-17(7-9-24)12-18-13-19(25)22(23(18)27)21-15(3)10-14(2)11-16(21)4/h10-11,17-19,22,25H,5-9,12-13H2,1-4H3. The third kappa shape index (κ3) is 4.11. The van der Waals surface area contributed by atoms with Gasteiger partial charge in [-0.25, -0.2) is 0 Å². The number of nitrogens with zero attached hydrogens (tertiary/aromatic N) is 1. The zero-order chi connectivity index (χ0) is 19.7. The molecule has 1 aliphatic carbocycles. The number of ketones is 1. The monoisotopic (exact) mass is 371 g/mol. The van der Waals surface area contributed by atoms with Crippen LogP contribution in [0, 0.1) is 32.6 Å². The van der Waals surface area contributed by atoms with E-state index in [1.807, 2.05) is 25.7 Å². The number of carbonyl (C=O) groups is 2. The maximum Gasteiger partial charge on any atom is 0.222 e. The number of likely N-dealkylation sites (tertiary alicyclic amines) is 1. The lowest BCUT2D eigenvalue weighted by Gasteiger charge is -2.32. The Balaban J connectivity index is 1.67. The maximum absolute atomic E-state index is 13.2. The van der Waals surface area contributed by atoms with Gasteiger partial charge in [0.05, 0.1) is 12.0 Å². The second kappa shape index (κ2) is 8.14. The van der Waals surface area contributed by atoms with Crippen LogP contribution in [0.2, 0.25) is 0 Å². The summed E-state index contributed by atoms with van der Waals surface area (Å²) in [6, 6.07) is 4.21. The average molecular weight is 372 g/mol. The number of amides is 1. The minimum absolute atomic E-state index is 0.0523. The van der Waals surface area contributed by atoms with Crippen molar-refractivity contribution in [1.29, 1.82) is 0 Å². The number of aryl methyl sites for hydroxylation is 3. The van der Waals surface area contributed by atoms with Gasteiger partial charge in [-0.2, -0.15) is 0 Å². The van der Waals surface area contributed by atoms with Gasteiger partial charge in [0.2, 0.25) is 5.91 Å². The summed E-state index contributed by atoms with van der Waals surface area (Å²) in [5.74, 6) is 0.489. The molecule has 2 fully saturated rings. The topological polar surface area (TPSA) is 57.6 Å². The molecule has 1 aliphatic heterocycles. The first-order valence-electron chi connectivity index (χ1n) is 10.4. The smallest absolute Gasteiger partial charge is 0.222 e. The SMILES string of the molecule is CCC(=O)N1CCC(CC2CC(O)C(c3c(C)cc(C)cc3C)C2=O)CC1. The Hall–Kier alpha value is -1.68. The first-order chi connectivity index (χ1) is 12.8. The highest BCUT2D eigenvalue weighted by Crippen LogP contribution is 2.42. The fourth-order valence-electron chi connectivity index (χ4n) is 5.26. The fourth-order valence-corrected chi connectivity index (χ4v) is 5.26. The predicted molar refractivity (Wildman–Crippen MR) is 107 cm³/mol. The van der Waals surface area contributed by atoms with Crippen LogP contribution in [0.25, 0.3) is 0 Å². The van der Waals surface area contributed by atoms with Crippen molar-refractivity contribution in [3.63, 3.8) is 0 Å². The van der Waals surface area contributed by atoms with Gasteiger partial charge in [0, 0.05) is 25.4 Å². The number of aliphatic hydroxyl groups excluding tert-OH is 1. The van der Waals surface area contributed by atoms with E-state index in [1.54, 1.807) is 0 Å². The van der Waals surface area contributed by atoms with Crippen molar-refractivity contribution in [2.24, 2.45) is 11.8 Å². The van der Waals surface area contributed by atoms with E-state index in [9.17, 15) is 14.7 Å². The zero-order valence-corrected chi connectivity index (χ0v) is 17.1. The molecule has 0 bridgehead atoms. The highest BCUT2D eigenvalue weighted by Gasteiger charge is 2.44. The molecule has 0 radical (unpaired) electrons. The number of benzene rings is 1. The average Bonchev–Trinajstić information content (AvgIpc) is 2.88. The van der Waals surface area contributed by atoms with Gasteiger partial charge in [0.25, 0.3) is 0 Å². The van der Waals surface area contributed by atoms with Gasteiger partial charge in [-0.15, -0.1) is 0 Å². The van der Waals surface area contributed by atoms with Crippen molar-refractivity contribution in [2.75, 3.05) is 13.1 Å². The number of piperidine rings is 1. The Labute approximate surface area is 163 Å². The highest BCUT2D eigenvalue weighted by molar-refractivity contribution is 5.91. The Morgan fingerprint density at radius 2 is 1.74 bits per heavy atom. The van der Waals surface area contributed by atoms with Crippen LogP contribution in [0.4, 0.5) is 0 Å². The van der Waals surface area contributed by atoms with Gasteiger partial charge in [-0.1, -0.05) is 24.6 Å². The summed E-state index contributed by atoms with van der Waals surface area (Å²) in [6.45, 7) is 9.67. The van der Waals surface area contributed by atoms with Crippen LogP contribution in [0.3, 0.4) is 0 Å². The van der Waals surface area contributed by atoms with Crippen LogP contribution in [0.1, 0.15) is 67.2 Å². The normalized spacial score (nSPS) is 26.6. The molecule has 148 valence electrons. The first kappa shape index (κ1) is 20.1. The van der Waals surface area contributed by atoms with Crippen molar-refractivity contribution < 1.29 is 14.7 Å². The number of rotatable bonds is 4. The van der Waals surface area contributed by atoms with Gasteiger partial charge in [-0.3, -0.25) is 9.59 Å². The molecule has 3 rings (SSSR count). The van der Waals surface area contributed by atoms with Crippen molar-refractivity contribution in [3.05, 3.63) is 34.4 Å². The van der Waals surface area contributed by atoms with E-state index in [1.165, 1.54) is 5.56 Å². The summed E-state index contributed by atoms with van der Waals surface area (Å²) < 4.78 is 0. The molecule has 1 aromatic carbocycles. The maximum atomic E-state index is 13.2. The van der Waals surface area contributed by atoms with Crippen molar-refractivity contribution in [3.8, 4) is 0 Å². The molecule has 3 atom stereocenters. The van der Waals surface area contributed by atoms with Gasteiger partial charge < -0.3 is 10.0 Å². The largest absolute Gasteiger partial charge is 0.392 e. The zero-order valence-electron chi connectivity index (χ0n) is 17.1. The Bertz CT molecular complexity index is 695. The van der Waals surface area contributed by atoms with Crippen molar-refractivity contribution >= 4 is 11.7 Å². The molecule has 1 N–H and O–H groups in total. The molecule has 1 heterocycles. The fraction of sp³-hybridized carbons (Fsp3) is 0.652. The lowest BCUT2D eigenvalue weighted by Crippen LogP contribution is -2.38. The third-order valence-corrected chi connectivity index (χ3v) is 6.56. The van der Waals surface area contributed by atoms with Crippen molar-refractivity contribution in [2.45, 2.75) is 71.8 Å². The molecule has 4 heteroatoms. The van der Waals surface area contributed by atoms with Gasteiger partial charge in [0.15, 0.2) is 0 Å². The molecule has 1 saturated heterocycles. The van der Waals surface area contributed by atoms with E-state index in [0.717, 1.165) is 49.0 Å².